The zero-order chi connectivity index (χ0) is 67.1. The summed E-state index contributed by atoms with van der Waals surface area (Å²) in [4.78, 5) is 144. The third kappa shape index (κ3) is 21.1. The van der Waals surface area contributed by atoms with E-state index in [4.69, 9.17) is 109 Å². The third-order valence-electron chi connectivity index (χ3n) is 15.3. The maximum Gasteiger partial charge on any atom is 0.326 e. The molecule has 0 saturated carbocycles. The predicted molar refractivity (Wildman–Crippen MR) is 365 cm³/mol. The Morgan fingerprint density at radius 3 is 1.34 bits per heavy atom. The van der Waals surface area contributed by atoms with Gasteiger partial charge in [-0.25, -0.2) is 19.2 Å². The molecular weight excluding hydrogens is 1160 g/mol. The van der Waals surface area contributed by atoms with E-state index < -0.39 is 208 Å². The smallest absolute Gasteiger partial charge is 0.326 e. The first-order valence-corrected chi connectivity index (χ1v) is 30.6. The Bertz CT molecular complexity index is 2840. The lowest BCUT2D eigenvalue weighted by Crippen LogP contribution is -2.64. The first-order chi connectivity index (χ1) is 42.4. The molecule has 0 saturated heterocycles. The van der Waals surface area contributed by atoms with Crippen LogP contribution in [0.2, 0.25) is 0 Å². The molecule has 0 aliphatic carbocycles. The van der Waals surface area contributed by atoms with Crippen molar-refractivity contribution in [1.82, 2.24) is 56.0 Å². The Morgan fingerprint density at radius 2 is 0.989 bits per heavy atom. The van der Waals surface area contributed by atoms with Crippen LogP contribution in [-0.4, -0.2) is 349 Å². The van der Waals surface area contributed by atoms with Gasteiger partial charge in [-0.05, 0) is 44.9 Å². The first kappa shape index (κ1) is 75.4. The van der Waals surface area contributed by atoms with Crippen LogP contribution in [0, 0.1) is 0 Å². The van der Waals surface area contributed by atoms with Crippen LogP contribution in [0.15, 0.2) is 59.7 Å². The van der Waals surface area contributed by atoms with Crippen LogP contribution in [0.25, 0.3) is 0 Å². The molecule has 0 aromatic heterocycles. The van der Waals surface area contributed by atoms with Crippen LogP contribution in [0.4, 0.5) is 14.4 Å². The van der Waals surface area contributed by atoms with E-state index in [-0.39, 0.29) is 39.1 Å². The van der Waals surface area contributed by atoms with Crippen molar-refractivity contribution >= 4 is 209 Å². The summed E-state index contributed by atoms with van der Waals surface area (Å²) in [6.45, 7) is -3.24. The van der Waals surface area contributed by atoms with E-state index in [0.29, 0.717) is 10.9 Å². The summed E-state index contributed by atoms with van der Waals surface area (Å²) in [5.41, 5.74) is 24.6. The molecule has 15 N–H and O–H groups in total. The van der Waals surface area contributed by atoms with E-state index in [1.807, 2.05) is 0 Å². The third-order valence-corrected chi connectivity index (χ3v) is 17.2. The standard InChI is InChI=1S/C41H62B20N15O13P/c1-3-88-90(87,89-4-2)24-29(37(81)67-9-15-75(34(78)22-72-12-6-31(64)69-40(72)85)28(38(82)83)18-26-20-53(26)61(57(48)49)59(51)55(44)45)76(35(79)23-73-13-7-32(65)70-41(73)86)16-10-66-36(80)27(17-25-19-52(25)60(56(46)47)58(50)54(42)43)74(14-8-62)33(77)21-71-11-5-30(63)68-39(71)84/h5-7,11-13,19-20,24,27-32,87H,3-4,8-10,14-18,21-23,62-65H2,1-2H3,(H,66,80)(H,67,81)(H,68,84)(H,69,85)(H,70,86)(H,82,83). The highest BCUT2D eigenvalue weighted by molar-refractivity contribution is 8.02. The number of urea groups is 3. The molecule has 28 nitrogen and oxygen atoms in total. The van der Waals surface area contributed by atoms with E-state index in [9.17, 15) is 48.4 Å². The number of nitrogens with one attached hydrogen (secondary N) is 5. The van der Waals surface area contributed by atoms with Gasteiger partial charge in [-0.1, -0.05) is 0 Å². The van der Waals surface area contributed by atoms with E-state index in [0.717, 1.165) is 35.2 Å². The summed E-state index contributed by atoms with van der Waals surface area (Å²) < 4.78 is 11.3. The zero-order valence-electron chi connectivity index (χ0n) is 50.2. The van der Waals surface area contributed by atoms with Crippen molar-refractivity contribution in [2.75, 3.05) is 72.1 Å². The number of nitrogens with zero attached hydrogens (tertiary/aromatic N) is 6. The maximum absolute atomic E-state index is 15.0. The molecule has 0 aromatic carbocycles. The fourth-order valence-corrected chi connectivity index (χ4v) is 12.2. The van der Waals surface area contributed by atoms with Crippen LogP contribution >= 0.6 is 7.57 Å². The number of nitrogens with two attached hydrogens (primary N) is 4. The highest BCUT2D eigenvalue weighted by Crippen LogP contribution is 2.45. The monoisotopic (exact) mass is 1220 g/mol. The minimum absolute atomic E-state index is 0.175. The average molecular weight is 1220 g/mol. The van der Waals surface area contributed by atoms with Gasteiger partial charge in [0.2, 0.25) is 29.5 Å². The van der Waals surface area contributed by atoms with Crippen molar-refractivity contribution < 1.29 is 62.2 Å². The van der Waals surface area contributed by atoms with E-state index in [1.54, 1.807) is 12.0 Å². The largest absolute Gasteiger partial charge is 0.480 e. The predicted octanol–water partition coefficient (Wildman–Crippen LogP) is -12.0. The lowest BCUT2D eigenvalue weighted by molar-refractivity contribution is -0.150. The summed E-state index contributed by atoms with van der Waals surface area (Å²) in [6.07, 6.45) is -2.77. The minimum Gasteiger partial charge on any atom is -0.480 e. The molecule has 11 amide bonds. The minimum atomic E-state index is -4.26. The molecule has 6 atom stereocenters. The van der Waals surface area contributed by atoms with Gasteiger partial charge in [0.05, 0.1) is 31.7 Å². The highest BCUT2D eigenvalue weighted by Gasteiger charge is 2.48. The summed E-state index contributed by atoms with van der Waals surface area (Å²) in [5.74, 6) is -1.77. The van der Waals surface area contributed by atoms with Gasteiger partial charge in [0, 0.05) is 192 Å². The van der Waals surface area contributed by atoms with Crippen molar-refractivity contribution in [2.45, 2.75) is 63.3 Å². The Morgan fingerprint density at radius 1 is 0.622 bits per heavy atom. The number of rotatable bonds is 37. The first-order valence-electron chi connectivity index (χ1n) is 29.0. The number of hydrogen-bond acceptors (Lipinski definition) is 16. The molecule has 0 bridgehead atoms. The molecule has 90 heavy (non-hydrogen) atoms. The van der Waals surface area contributed by atoms with Gasteiger partial charge in [0.1, 0.15) is 51.0 Å². The average Bonchev–Trinajstić information content (AvgIpc) is 1.69. The van der Waals surface area contributed by atoms with Gasteiger partial charge >= 0.3 is 24.1 Å². The SMILES string of the molecule is [B]B([B])B([B])B(B([B])[B])B1C=C1CC(C(=O)O)N(CCNC(=O)C(C=P(O)(OCC)OCC)N(CCNC(=O)C(CC1=CB1B(B([B])[B])B([B])B([B])[B])N(CCN)C(=O)CN1C=CC(N)NC1=O)C(=O)CN1C=CC(N)NC1=O)C(=O)CN1C=CC(N)NC1=O. The summed E-state index contributed by atoms with van der Waals surface area (Å²) in [5, 5.41) is 23.5. The van der Waals surface area contributed by atoms with Crippen LogP contribution < -0.4 is 49.5 Å². The van der Waals surface area contributed by atoms with E-state index in [2.05, 4.69) is 26.6 Å². The zero-order valence-corrected chi connectivity index (χ0v) is 51.1. The summed E-state index contributed by atoms with van der Waals surface area (Å²) in [7, 11) is 56.5. The molecule has 5 rings (SSSR count). The summed E-state index contributed by atoms with van der Waals surface area (Å²) in [6, 6.07) is -7.36. The molecule has 49 heteroatoms. The van der Waals surface area contributed by atoms with Crippen molar-refractivity contribution in [3.63, 3.8) is 0 Å². The number of amides is 11. The van der Waals surface area contributed by atoms with Gasteiger partial charge in [-0.15, -0.1) is 22.9 Å². The number of carboxylic acid groups (broad SMARTS) is 1. The second-order valence-corrected chi connectivity index (χ2v) is 23.8. The molecular formula is C41H62B20N15O13P. The fourth-order valence-electron chi connectivity index (χ4n) is 10.5. The molecule has 6 unspecified atom stereocenters. The topological polar surface area (TPSA) is 396 Å². The number of hydrogen-bond donors (Lipinski definition) is 11. The van der Waals surface area contributed by atoms with Gasteiger partial charge < -0.3 is 83.3 Å². The molecule has 5 aliphatic heterocycles. The molecule has 0 fully saturated rings. The molecule has 5 heterocycles. The van der Waals surface area contributed by atoms with Crippen LogP contribution in [0.1, 0.15) is 26.7 Å². The van der Waals surface area contributed by atoms with Gasteiger partial charge in [0.25, 0.3) is 7.57 Å². The van der Waals surface area contributed by atoms with E-state index in [1.165, 1.54) is 50.7 Å². The fraction of sp³-hybridized carbons (Fsp3) is 0.512. The molecule has 5 aliphatic rings. The Hall–Kier alpha value is -5.35. The van der Waals surface area contributed by atoms with Gasteiger partial charge in [0.15, 0.2) is 0 Å². The summed E-state index contributed by atoms with van der Waals surface area (Å²) >= 11 is 0. The molecule has 20 radical (unpaired) electrons. The quantitative estimate of drug-likeness (QED) is 0.0203. The number of carbonyl (C=O) groups is 9. The maximum atomic E-state index is 15.0. The highest BCUT2D eigenvalue weighted by atomic mass is 31.2. The molecule has 444 valence electrons. The number of carboxylic acids is 1. The second kappa shape index (κ2) is 34.5. The van der Waals surface area contributed by atoms with E-state index >= 15 is 4.79 Å². The van der Waals surface area contributed by atoms with Gasteiger partial charge in [-0.2, -0.15) is 0 Å². The number of aliphatic carboxylic acids is 1. The Labute approximate surface area is 542 Å². The lowest BCUT2D eigenvalue weighted by atomic mass is 8.57. The van der Waals surface area contributed by atoms with Crippen LogP contribution in [-0.2, 0) is 37.8 Å². The van der Waals surface area contributed by atoms with Crippen LogP contribution in [0.5, 0.6) is 0 Å². The molecule has 0 spiro atoms. The Balaban J connectivity index is 1.53. The van der Waals surface area contributed by atoms with Crippen molar-refractivity contribution in [2.24, 2.45) is 22.9 Å². The van der Waals surface area contributed by atoms with Gasteiger partial charge in [-0.3, -0.25) is 38.7 Å². The van der Waals surface area contributed by atoms with Crippen molar-refractivity contribution in [1.29, 1.82) is 0 Å². The lowest BCUT2D eigenvalue weighted by Gasteiger charge is -2.35. The van der Waals surface area contributed by atoms with Crippen molar-refractivity contribution in [3.8, 4) is 0 Å². The van der Waals surface area contributed by atoms with Crippen molar-refractivity contribution in [3.05, 3.63) is 59.7 Å². The normalized spacial score (nSPS) is 18.2. The second-order valence-electron chi connectivity index (χ2n) is 21.9. The Kier molecular flexibility index (Phi) is 28.9. The number of carbonyl (C=O) groups excluding carboxylic acids is 8. The van der Waals surface area contributed by atoms with Crippen LogP contribution in [0.3, 0.4) is 0 Å². The molecule has 0 aromatic rings.